The van der Waals surface area contributed by atoms with E-state index >= 15 is 0 Å². The van der Waals surface area contributed by atoms with Gasteiger partial charge >= 0.3 is 6.18 Å². The van der Waals surface area contributed by atoms with Crippen LogP contribution in [0.1, 0.15) is 28.0 Å². The highest BCUT2D eigenvalue weighted by atomic mass is 32.2. The van der Waals surface area contributed by atoms with Crippen LogP contribution in [0.15, 0.2) is 65.7 Å². The van der Waals surface area contributed by atoms with Crippen molar-refractivity contribution in [2.75, 3.05) is 49.5 Å². The summed E-state index contributed by atoms with van der Waals surface area (Å²) >= 11 is 0. The standard InChI is InChI=1S/C26H30F3N7O3S/c27-26(28,29)23-10-13-32-25(34-23)35-14-16-36(17-15-35)40(38,39)22-8-6-21(7-9-22)33-24(37)20-4-2-19(3-5-20)18-31-12-1-11-30/h2-10,13,31H,1,11-12,14-18,30H2,(H,33,37). The maximum Gasteiger partial charge on any atom is 0.433 e. The molecule has 1 aliphatic rings. The zero-order valence-electron chi connectivity index (χ0n) is 21.6. The van der Waals surface area contributed by atoms with E-state index in [2.05, 4.69) is 20.6 Å². The van der Waals surface area contributed by atoms with Crippen molar-refractivity contribution in [3.05, 3.63) is 77.6 Å². The molecule has 2 heterocycles. The fourth-order valence-electron chi connectivity index (χ4n) is 4.08. The van der Waals surface area contributed by atoms with Gasteiger partial charge in [0.25, 0.3) is 5.91 Å². The molecule has 3 aromatic rings. The van der Waals surface area contributed by atoms with Crippen LogP contribution in [-0.4, -0.2) is 67.9 Å². The first-order chi connectivity index (χ1) is 19.1. The Balaban J connectivity index is 1.32. The second kappa shape index (κ2) is 12.7. The largest absolute Gasteiger partial charge is 0.433 e. The van der Waals surface area contributed by atoms with Crippen molar-refractivity contribution in [2.45, 2.75) is 24.0 Å². The van der Waals surface area contributed by atoms with E-state index in [1.807, 2.05) is 12.1 Å². The Morgan fingerprint density at radius 2 is 1.65 bits per heavy atom. The molecular weight excluding hydrogens is 547 g/mol. The van der Waals surface area contributed by atoms with Gasteiger partial charge in [-0.3, -0.25) is 4.79 Å². The predicted molar refractivity (Wildman–Crippen MR) is 144 cm³/mol. The van der Waals surface area contributed by atoms with Crippen LogP contribution in [0.4, 0.5) is 24.8 Å². The first-order valence-electron chi connectivity index (χ1n) is 12.6. The topological polar surface area (TPSA) is 134 Å². The van der Waals surface area contributed by atoms with Crippen molar-refractivity contribution >= 4 is 27.6 Å². The van der Waals surface area contributed by atoms with E-state index in [1.165, 1.54) is 33.5 Å². The number of alkyl halides is 3. The summed E-state index contributed by atoms with van der Waals surface area (Å²) in [5.74, 6) is -0.424. The number of anilines is 2. The SMILES string of the molecule is NCCCNCc1ccc(C(=O)Nc2ccc(S(=O)(=O)N3CCN(c4nccc(C(F)(F)F)n4)CC3)cc2)cc1. The van der Waals surface area contributed by atoms with E-state index in [9.17, 15) is 26.4 Å². The third kappa shape index (κ3) is 7.33. The summed E-state index contributed by atoms with van der Waals surface area (Å²) in [6, 6.07) is 13.8. The summed E-state index contributed by atoms with van der Waals surface area (Å²) in [6.07, 6.45) is -2.68. The Morgan fingerprint density at radius 1 is 0.975 bits per heavy atom. The molecule has 0 unspecified atom stereocenters. The average molecular weight is 578 g/mol. The summed E-state index contributed by atoms with van der Waals surface area (Å²) in [5.41, 5.74) is 6.35. The summed E-state index contributed by atoms with van der Waals surface area (Å²) in [4.78, 5) is 21.7. The number of rotatable bonds is 10. The van der Waals surface area contributed by atoms with Gasteiger partial charge in [-0.1, -0.05) is 12.1 Å². The molecule has 1 aromatic heterocycles. The molecule has 0 radical (unpaired) electrons. The van der Waals surface area contributed by atoms with E-state index in [1.54, 1.807) is 12.1 Å². The van der Waals surface area contributed by atoms with E-state index in [-0.39, 0.29) is 42.9 Å². The molecule has 1 fully saturated rings. The molecule has 40 heavy (non-hydrogen) atoms. The van der Waals surface area contributed by atoms with Crippen LogP contribution in [0.2, 0.25) is 0 Å². The number of carbonyl (C=O) groups excluding carboxylic acids is 1. The minimum atomic E-state index is -4.60. The number of piperazine rings is 1. The number of aromatic nitrogens is 2. The molecule has 0 atom stereocenters. The number of amides is 1. The highest BCUT2D eigenvalue weighted by molar-refractivity contribution is 7.89. The van der Waals surface area contributed by atoms with Gasteiger partial charge in [-0.15, -0.1) is 0 Å². The van der Waals surface area contributed by atoms with Crippen molar-refractivity contribution in [1.82, 2.24) is 19.6 Å². The number of nitrogens with two attached hydrogens (primary N) is 1. The lowest BCUT2D eigenvalue weighted by Crippen LogP contribution is -2.49. The van der Waals surface area contributed by atoms with E-state index in [4.69, 9.17) is 5.73 Å². The fourth-order valence-corrected chi connectivity index (χ4v) is 5.51. The lowest BCUT2D eigenvalue weighted by Gasteiger charge is -2.34. The number of hydrogen-bond acceptors (Lipinski definition) is 8. The number of benzene rings is 2. The number of sulfonamides is 1. The number of halogens is 3. The molecule has 4 N–H and O–H groups in total. The Labute approximate surface area is 230 Å². The number of nitrogens with one attached hydrogen (secondary N) is 2. The van der Waals surface area contributed by atoms with Crippen LogP contribution in [0, 0.1) is 0 Å². The third-order valence-electron chi connectivity index (χ3n) is 6.31. The first-order valence-corrected chi connectivity index (χ1v) is 14.1. The van der Waals surface area contributed by atoms with Crippen LogP contribution in [0.3, 0.4) is 0 Å². The van der Waals surface area contributed by atoms with Gasteiger partial charge in [-0.05, 0) is 67.5 Å². The lowest BCUT2D eigenvalue weighted by atomic mass is 10.1. The number of carbonyl (C=O) groups is 1. The van der Waals surface area contributed by atoms with Crippen molar-refractivity contribution < 1.29 is 26.4 Å². The lowest BCUT2D eigenvalue weighted by molar-refractivity contribution is -0.141. The van der Waals surface area contributed by atoms with Gasteiger partial charge in [-0.2, -0.15) is 17.5 Å². The Morgan fingerprint density at radius 3 is 2.27 bits per heavy atom. The first kappa shape index (κ1) is 29.4. The molecule has 0 spiro atoms. The summed E-state index contributed by atoms with van der Waals surface area (Å²) < 4.78 is 66.5. The van der Waals surface area contributed by atoms with Crippen LogP contribution in [-0.2, 0) is 22.7 Å². The van der Waals surface area contributed by atoms with E-state index in [0.29, 0.717) is 24.3 Å². The van der Waals surface area contributed by atoms with Gasteiger partial charge in [-0.25, -0.2) is 18.4 Å². The fraction of sp³-hybridized carbons (Fsp3) is 0.346. The van der Waals surface area contributed by atoms with Crippen molar-refractivity contribution in [1.29, 1.82) is 0 Å². The highest BCUT2D eigenvalue weighted by Gasteiger charge is 2.34. The van der Waals surface area contributed by atoms with E-state index < -0.39 is 21.9 Å². The molecule has 1 aliphatic heterocycles. The minimum absolute atomic E-state index is 0.0424. The van der Waals surface area contributed by atoms with Gasteiger partial charge in [0, 0.05) is 50.2 Å². The van der Waals surface area contributed by atoms with E-state index in [0.717, 1.165) is 30.8 Å². The minimum Gasteiger partial charge on any atom is -0.338 e. The van der Waals surface area contributed by atoms with Crippen molar-refractivity contribution in [2.24, 2.45) is 5.73 Å². The monoisotopic (exact) mass is 577 g/mol. The Hall–Kier alpha value is -3.59. The Kier molecular flexibility index (Phi) is 9.35. The molecule has 1 amide bonds. The molecular formula is C26H30F3N7O3S. The average Bonchev–Trinajstić information content (AvgIpc) is 2.95. The van der Waals surface area contributed by atoms with Crippen molar-refractivity contribution in [3.8, 4) is 0 Å². The quantitative estimate of drug-likeness (QED) is 0.313. The van der Waals surface area contributed by atoms with Crippen molar-refractivity contribution in [3.63, 3.8) is 0 Å². The Bertz CT molecular complexity index is 1390. The highest BCUT2D eigenvalue weighted by Crippen LogP contribution is 2.28. The second-order valence-corrected chi connectivity index (χ2v) is 11.1. The van der Waals surface area contributed by atoms with Gasteiger partial charge in [0.2, 0.25) is 16.0 Å². The van der Waals surface area contributed by atoms with Gasteiger partial charge in [0.1, 0.15) is 5.69 Å². The molecule has 1 saturated heterocycles. The normalized spacial score (nSPS) is 14.8. The molecule has 0 saturated carbocycles. The molecule has 10 nitrogen and oxygen atoms in total. The zero-order chi connectivity index (χ0) is 28.8. The van der Waals surface area contributed by atoms with Gasteiger partial charge < -0.3 is 21.3 Å². The summed E-state index contributed by atoms with van der Waals surface area (Å²) in [7, 11) is -3.85. The van der Waals surface area contributed by atoms with Crippen LogP contribution < -0.4 is 21.3 Å². The van der Waals surface area contributed by atoms with Gasteiger partial charge in [0.05, 0.1) is 4.90 Å². The zero-order valence-corrected chi connectivity index (χ0v) is 22.4. The third-order valence-corrected chi connectivity index (χ3v) is 8.22. The number of nitrogens with zero attached hydrogens (tertiary/aromatic N) is 4. The molecule has 0 bridgehead atoms. The number of hydrogen-bond donors (Lipinski definition) is 3. The smallest absolute Gasteiger partial charge is 0.338 e. The molecule has 2 aromatic carbocycles. The molecule has 214 valence electrons. The van der Waals surface area contributed by atoms with Crippen LogP contribution in [0.25, 0.3) is 0 Å². The predicted octanol–water partition coefficient (Wildman–Crippen LogP) is 2.70. The van der Waals surface area contributed by atoms with Gasteiger partial charge in [0.15, 0.2) is 0 Å². The second-order valence-electron chi connectivity index (χ2n) is 9.13. The van der Waals surface area contributed by atoms with Crippen LogP contribution in [0.5, 0.6) is 0 Å². The maximum absolute atomic E-state index is 13.1. The summed E-state index contributed by atoms with van der Waals surface area (Å²) in [6.45, 7) is 2.49. The molecule has 4 rings (SSSR count). The van der Waals surface area contributed by atoms with Crippen LogP contribution >= 0.6 is 0 Å². The summed E-state index contributed by atoms with van der Waals surface area (Å²) in [5, 5.41) is 6.03. The molecule has 0 aliphatic carbocycles. The molecule has 14 heteroatoms. The maximum atomic E-state index is 13.1.